The van der Waals surface area contributed by atoms with Gasteiger partial charge < -0.3 is 10.5 Å². The van der Waals surface area contributed by atoms with Crippen LogP contribution in [0.25, 0.3) is 0 Å². The number of hydrogen-bond acceptors (Lipinski definition) is 4. The quantitative estimate of drug-likeness (QED) is 0.873. The minimum Gasteiger partial charge on any atom is -0.491 e. The molecule has 1 fully saturated rings. The Bertz CT molecular complexity index is 866. The molecule has 1 heterocycles. The Morgan fingerprint density at radius 2 is 1.81 bits per heavy atom. The molecule has 5 nitrogen and oxygen atoms in total. The second-order valence-corrected chi connectivity index (χ2v) is 9.03. The van der Waals surface area contributed by atoms with Gasteiger partial charge in [0.1, 0.15) is 5.75 Å². The molecule has 2 N–H and O–H groups in total. The topological polar surface area (TPSA) is 72.6 Å². The summed E-state index contributed by atoms with van der Waals surface area (Å²) in [6.45, 7) is 6.47. The highest BCUT2D eigenvalue weighted by Gasteiger charge is 2.38. The summed E-state index contributed by atoms with van der Waals surface area (Å²) in [5, 5.41) is 0. The van der Waals surface area contributed by atoms with Crippen molar-refractivity contribution in [1.29, 1.82) is 0 Å². The number of hydrogen-bond donors (Lipinski definition) is 1. The molecule has 1 aliphatic heterocycles. The van der Waals surface area contributed by atoms with Crippen molar-refractivity contribution in [3.63, 3.8) is 0 Å². The molecular weight excluding hydrogens is 348 g/mol. The first-order valence-electron chi connectivity index (χ1n) is 8.87. The molecule has 6 heteroatoms. The summed E-state index contributed by atoms with van der Waals surface area (Å²) in [5.41, 5.74) is 8.15. The zero-order valence-electron chi connectivity index (χ0n) is 15.4. The predicted molar refractivity (Wildman–Crippen MR) is 103 cm³/mol. The molecule has 1 saturated heterocycles. The minimum atomic E-state index is -3.58. The molecule has 0 bridgehead atoms. The number of ether oxygens (including phenoxy) is 1. The van der Waals surface area contributed by atoms with E-state index in [1.165, 1.54) is 4.31 Å². The van der Waals surface area contributed by atoms with Gasteiger partial charge in [-0.3, -0.25) is 0 Å². The van der Waals surface area contributed by atoms with Crippen LogP contribution in [0.4, 0.5) is 0 Å². The molecule has 3 rings (SSSR count). The van der Waals surface area contributed by atoms with Crippen molar-refractivity contribution in [3.8, 4) is 5.75 Å². The fraction of sp³-hybridized carbons (Fsp3) is 0.400. The largest absolute Gasteiger partial charge is 0.491 e. The summed E-state index contributed by atoms with van der Waals surface area (Å²) in [7, 11) is -3.58. The first-order chi connectivity index (χ1) is 12.3. The van der Waals surface area contributed by atoms with Gasteiger partial charge in [0.2, 0.25) is 10.0 Å². The second-order valence-electron chi connectivity index (χ2n) is 7.10. The molecule has 0 unspecified atom stereocenters. The van der Waals surface area contributed by atoms with Gasteiger partial charge in [0, 0.05) is 25.0 Å². The van der Waals surface area contributed by atoms with Crippen molar-refractivity contribution in [2.45, 2.75) is 43.7 Å². The molecule has 140 valence electrons. The number of rotatable bonds is 5. The van der Waals surface area contributed by atoms with Crippen LogP contribution in [0.3, 0.4) is 0 Å². The van der Waals surface area contributed by atoms with Gasteiger partial charge in [-0.2, -0.15) is 4.31 Å². The van der Waals surface area contributed by atoms with E-state index in [2.05, 4.69) is 0 Å². The lowest BCUT2D eigenvalue weighted by atomic mass is 9.95. The lowest BCUT2D eigenvalue weighted by molar-refractivity contribution is 0.240. The van der Waals surface area contributed by atoms with E-state index >= 15 is 0 Å². The summed E-state index contributed by atoms with van der Waals surface area (Å²) in [4.78, 5) is 0.284. The first-order valence-corrected chi connectivity index (χ1v) is 10.3. The molecule has 0 amide bonds. The third-order valence-corrected chi connectivity index (χ3v) is 6.53. The van der Waals surface area contributed by atoms with Crippen LogP contribution in [0.5, 0.6) is 5.75 Å². The molecule has 0 aliphatic carbocycles. The monoisotopic (exact) mass is 374 g/mol. The molecule has 0 aromatic heterocycles. The summed E-state index contributed by atoms with van der Waals surface area (Å²) in [6.07, 6.45) is 0.0411. The van der Waals surface area contributed by atoms with E-state index in [1.54, 1.807) is 18.2 Å². The van der Waals surface area contributed by atoms with E-state index < -0.39 is 10.0 Å². The fourth-order valence-electron chi connectivity index (χ4n) is 3.36. The summed E-state index contributed by atoms with van der Waals surface area (Å²) in [5.74, 6) is 0.717. The van der Waals surface area contributed by atoms with Gasteiger partial charge in [-0.25, -0.2) is 8.42 Å². The molecule has 1 aliphatic rings. The molecular formula is C20H26N2O3S. The molecule has 2 aromatic carbocycles. The van der Waals surface area contributed by atoms with Gasteiger partial charge in [0.25, 0.3) is 0 Å². The van der Waals surface area contributed by atoms with Crippen LogP contribution >= 0.6 is 0 Å². The van der Waals surface area contributed by atoms with Gasteiger partial charge in [0.05, 0.1) is 11.0 Å². The Balaban J connectivity index is 1.84. The van der Waals surface area contributed by atoms with Gasteiger partial charge in [-0.05, 0) is 50.1 Å². The lowest BCUT2D eigenvalue weighted by Gasteiger charge is -2.18. The van der Waals surface area contributed by atoms with Crippen molar-refractivity contribution in [2.24, 2.45) is 5.73 Å². The Labute approximate surface area is 155 Å². The molecule has 2 aromatic rings. The maximum atomic E-state index is 13.1. The molecule has 2 atom stereocenters. The van der Waals surface area contributed by atoms with Crippen LogP contribution in [0, 0.1) is 6.92 Å². The second kappa shape index (κ2) is 7.39. The van der Waals surface area contributed by atoms with Crippen LogP contribution in [0.1, 0.15) is 30.9 Å². The minimum absolute atomic E-state index is 0.00983. The Morgan fingerprint density at radius 3 is 2.42 bits per heavy atom. The highest BCUT2D eigenvalue weighted by molar-refractivity contribution is 7.89. The van der Waals surface area contributed by atoms with E-state index in [0.717, 1.165) is 11.1 Å². The first kappa shape index (κ1) is 18.9. The normalized spacial score (nSPS) is 21.3. The Kier molecular flexibility index (Phi) is 5.37. The zero-order valence-corrected chi connectivity index (χ0v) is 16.2. The van der Waals surface area contributed by atoms with Crippen molar-refractivity contribution < 1.29 is 13.2 Å². The smallest absolute Gasteiger partial charge is 0.243 e. The van der Waals surface area contributed by atoms with E-state index in [0.29, 0.717) is 18.8 Å². The Morgan fingerprint density at radius 1 is 1.12 bits per heavy atom. The van der Waals surface area contributed by atoms with Crippen molar-refractivity contribution in [1.82, 2.24) is 4.31 Å². The number of benzene rings is 2. The van der Waals surface area contributed by atoms with Crippen LogP contribution < -0.4 is 10.5 Å². The fourth-order valence-corrected chi connectivity index (χ4v) is 4.95. The van der Waals surface area contributed by atoms with Gasteiger partial charge in [-0.15, -0.1) is 0 Å². The van der Waals surface area contributed by atoms with Gasteiger partial charge in [-0.1, -0.05) is 30.3 Å². The van der Waals surface area contributed by atoms with Crippen LogP contribution in [0.15, 0.2) is 53.4 Å². The third kappa shape index (κ3) is 3.77. The number of sulfonamides is 1. The molecule has 0 spiro atoms. The predicted octanol–water partition coefficient (Wildman–Crippen LogP) is 2.90. The SMILES string of the molecule is Cc1cc(S(=O)(=O)N2C[C@@H](N)[C@H](c3ccccc3)C2)ccc1OC(C)C. The summed E-state index contributed by atoms with van der Waals surface area (Å²) >= 11 is 0. The summed E-state index contributed by atoms with van der Waals surface area (Å²) in [6, 6.07) is 14.7. The van der Waals surface area contributed by atoms with Gasteiger partial charge >= 0.3 is 0 Å². The van der Waals surface area contributed by atoms with E-state index in [-0.39, 0.29) is 23.0 Å². The van der Waals surface area contributed by atoms with Crippen molar-refractivity contribution >= 4 is 10.0 Å². The average Bonchev–Trinajstić information content (AvgIpc) is 2.99. The lowest BCUT2D eigenvalue weighted by Crippen LogP contribution is -2.32. The standard InChI is InChI=1S/C20H26N2O3S/c1-14(2)25-20-10-9-17(11-15(20)3)26(23,24)22-12-18(19(21)13-22)16-7-5-4-6-8-16/h4-11,14,18-19H,12-13,21H2,1-3H3/t18-,19+/m0/s1. The van der Waals surface area contributed by atoms with Crippen molar-refractivity contribution in [2.75, 3.05) is 13.1 Å². The number of aryl methyl sites for hydroxylation is 1. The van der Waals surface area contributed by atoms with Crippen LogP contribution in [-0.4, -0.2) is 38.0 Å². The van der Waals surface area contributed by atoms with Crippen LogP contribution in [-0.2, 0) is 10.0 Å². The molecule has 0 saturated carbocycles. The Hall–Kier alpha value is -1.89. The van der Waals surface area contributed by atoms with E-state index in [9.17, 15) is 8.42 Å². The zero-order chi connectivity index (χ0) is 18.9. The maximum absolute atomic E-state index is 13.1. The highest BCUT2D eigenvalue weighted by Crippen LogP contribution is 2.32. The number of nitrogens with two attached hydrogens (primary N) is 1. The molecule has 26 heavy (non-hydrogen) atoms. The van der Waals surface area contributed by atoms with Gasteiger partial charge in [0.15, 0.2) is 0 Å². The third-order valence-electron chi connectivity index (χ3n) is 4.71. The maximum Gasteiger partial charge on any atom is 0.243 e. The van der Waals surface area contributed by atoms with E-state index in [4.69, 9.17) is 10.5 Å². The van der Waals surface area contributed by atoms with Crippen LogP contribution in [0.2, 0.25) is 0 Å². The number of nitrogens with zero attached hydrogens (tertiary/aromatic N) is 1. The summed E-state index contributed by atoms with van der Waals surface area (Å²) < 4.78 is 33.3. The molecule has 0 radical (unpaired) electrons. The van der Waals surface area contributed by atoms with E-state index in [1.807, 2.05) is 51.1 Å². The average molecular weight is 375 g/mol. The highest BCUT2D eigenvalue weighted by atomic mass is 32.2. The van der Waals surface area contributed by atoms with Crippen molar-refractivity contribution in [3.05, 3.63) is 59.7 Å².